The second-order valence-electron chi connectivity index (χ2n) is 5.48. The molecule has 1 fully saturated rings. The highest BCUT2D eigenvalue weighted by molar-refractivity contribution is 5.83. The molecule has 1 saturated heterocycles. The van der Waals surface area contributed by atoms with Gasteiger partial charge in [0.05, 0.1) is 6.07 Å². The first-order valence-corrected chi connectivity index (χ1v) is 7.09. The average Bonchev–Trinajstić information content (AvgIpc) is 2.50. The molecule has 3 rings (SSSR count). The van der Waals surface area contributed by atoms with Crippen molar-refractivity contribution in [2.45, 2.75) is 6.04 Å². The number of hydrogen-bond donors (Lipinski definition) is 0. The zero-order valence-electron chi connectivity index (χ0n) is 11.8. The summed E-state index contributed by atoms with van der Waals surface area (Å²) in [4.78, 5) is 4.59. The van der Waals surface area contributed by atoms with Crippen LogP contribution < -0.4 is 0 Å². The summed E-state index contributed by atoms with van der Waals surface area (Å²) in [6.45, 7) is 3.99. The number of rotatable bonds is 2. The first-order valence-electron chi connectivity index (χ1n) is 7.09. The molecule has 1 aliphatic rings. The molecule has 1 aliphatic heterocycles. The predicted molar refractivity (Wildman–Crippen MR) is 81.4 cm³/mol. The van der Waals surface area contributed by atoms with Crippen LogP contribution in [0.25, 0.3) is 10.8 Å². The summed E-state index contributed by atoms with van der Waals surface area (Å²) < 4.78 is 0. The minimum atomic E-state index is -0.131. The van der Waals surface area contributed by atoms with Gasteiger partial charge in [-0.05, 0) is 29.4 Å². The summed E-state index contributed by atoms with van der Waals surface area (Å²) in [5.41, 5.74) is 1.11. The zero-order valence-corrected chi connectivity index (χ0v) is 11.8. The Morgan fingerprint density at radius 3 is 2.40 bits per heavy atom. The Hall–Kier alpha value is -1.89. The van der Waals surface area contributed by atoms with E-state index in [-0.39, 0.29) is 6.04 Å². The third-order valence-electron chi connectivity index (χ3n) is 4.11. The standard InChI is InChI=1S/C17H19N3/c1-19-8-10-20(11-9-19)17(13-18)16-7-6-14-4-2-3-5-15(14)12-16/h2-7,12,17H,8-11H2,1H3. The molecule has 3 heteroatoms. The van der Waals surface area contributed by atoms with E-state index < -0.39 is 0 Å². The maximum absolute atomic E-state index is 9.56. The molecule has 2 aromatic rings. The minimum Gasteiger partial charge on any atom is -0.304 e. The smallest absolute Gasteiger partial charge is 0.123 e. The number of benzene rings is 2. The fourth-order valence-electron chi connectivity index (χ4n) is 2.83. The molecule has 0 radical (unpaired) electrons. The fourth-order valence-corrected chi connectivity index (χ4v) is 2.83. The van der Waals surface area contributed by atoms with Crippen LogP contribution >= 0.6 is 0 Å². The molecule has 0 amide bonds. The van der Waals surface area contributed by atoms with Crippen LogP contribution in [0.3, 0.4) is 0 Å². The normalized spacial score (nSPS) is 18.8. The Morgan fingerprint density at radius 1 is 1.00 bits per heavy atom. The van der Waals surface area contributed by atoms with Crippen LogP contribution in [0.4, 0.5) is 0 Å². The molecule has 0 N–H and O–H groups in total. The molecule has 0 aliphatic carbocycles. The lowest BCUT2D eigenvalue weighted by Gasteiger charge is -2.35. The Balaban J connectivity index is 1.89. The molecule has 1 heterocycles. The third kappa shape index (κ3) is 2.53. The molecule has 0 bridgehead atoms. The first-order chi connectivity index (χ1) is 9.78. The number of likely N-dealkylation sites (N-methyl/N-ethyl adjacent to an activating group) is 1. The summed E-state index contributed by atoms with van der Waals surface area (Å²) in [6, 6.07) is 17.0. The highest BCUT2D eigenvalue weighted by Crippen LogP contribution is 2.25. The van der Waals surface area contributed by atoms with Crippen molar-refractivity contribution in [3.63, 3.8) is 0 Å². The van der Waals surface area contributed by atoms with Gasteiger partial charge in [0.25, 0.3) is 0 Å². The Bertz CT molecular complexity index is 636. The monoisotopic (exact) mass is 265 g/mol. The van der Waals surface area contributed by atoms with Gasteiger partial charge in [-0.25, -0.2) is 0 Å². The van der Waals surface area contributed by atoms with Crippen LogP contribution in [0.2, 0.25) is 0 Å². The van der Waals surface area contributed by atoms with Crippen LogP contribution in [0, 0.1) is 11.3 Å². The van der Waals surface area contributed by atoms with Crippen molar-refractivity contribution >= 4 is 10.8 Å². The summed E-state index contributed by atoms with van der Waals surface area (Å²) in [7, 11) is 2.13. The fraction of sp³-hybridized carbons (Fsp3) is 0.353. The van der Waals surface area contributed by atoms with Crippen molar-refractivity contribution in [2.75, 3.05) is 33.2 Å². The van der Waals surface area contributed by atoms with Gasteiger partial charge in [-0.1, -0.05) is 36.4 Å². The SMILES string of the molecule is CN1CCN(C(C#N)c2ccc3ccccc3c2)CC1. The molecule has 2 aromatic carbocycles. The van der Waals surface area contributed by atoms with Gasteiger partial charge in [0, 0.05) is 26.2 Å². The summed E-state index contributed by atoms with van der Waals surface area (Å²) in [6.07, 6.45) is 0. The summed E-state index contributed by atoms with van der Waals surface area (Å²) in [5, 5.41) is 12.0. The largest absolute Gasteiger partial charge is 0.304 e. The van der Waals surface area contributed by atoms with Crippen LogP contribution in [0.15, 0.2) is 42.5 Å². The number of nitriles is 1. The van der Waals surface area contributed by atoms with Crippen molar-refractivity contribution in [1.82, 2.24) is 9.80 Å². The van der Waals surface area contributed by atoms with Crippen molar-refractivity contribution in [1.29, 1.82) is 5.26 Å². The first kappa shape index (κ1) is 13.1. The molecule has 1 atom stereocenters. The summed E-state index contributed by atoms with van der Waals surface area (Å²) >= 11 is 0. The van der Waals surface area contributed by atoms with E-state index in [1.54, 1.807) is 0 Å². The van der Waals surface area contributed by atoms with E-state index in [2.05, 4.69) is 53.2 Å². The maximum atomic E-state index is 9.56. The number of nitrogens with zero attached hydrogens (tertiary/aromatic N) is 3. The van der Waals surface area contributed by atoms with Gasteiger partial charge in [-0.2, -0.15) is 5.26 Å². The van der Waals surface area contributed by atoms with E-state index in [1.165, 1.54) is 10.8 Å². The predicted octanol–water partition coefficient (Wildman–Crippen LogP) is 2.65. The van der Waals surface area contributed by atoms with Gasteiger partial charge in [-0.3, -0.25) is 4.90 Å². The van der Waals surface area contributed by atoms with Crippen molar-refractivity contribution in [2.24, 2.45) is 0 Å². The molecular formula is C17H19N3. The second kappa shape index (κ2) is 5.62. The Morgan fingerprint density at radius 2 is 1.70 bits per heavy atom. The highest BCUT2D eigenvalue weighted by Gasteiger charge is 2.23. The minimum absolute atomic E-state index is 0.131. The molecule has 3 nitrogen and oxygen atoms in total. The highest BCUT2D eigenvalue weighted by atomic mass is 15.3. The van der Waals surface area contributed by atoms with E-state index in [1.807, 2.05) is 12.1 Å². The molecule has 0 saturated carbocycles. The van der Waals surface area contributed by atoms with Crippen LogP contribution in [0.1, 0.15) is 11.6 Å². The van der Waals surface area contributed by atoms with Gasteiger partial charge >= 0.3 is 0 Å². The van der Waals surface area contributed by atoms with E-state index in [0.29, 0.717) is 0 Å². The number of hydrogen-bond acceptors (Lipinski definition) is 3. The third-order valence-corrected chi connectivity index (χ3v) is 4.11. The topological polar surface area (TPSA) is 30.3 Å². The van der Waals surface area contributed by atoms with E-state index >= 15 is 0 Å². The Labute approximate surface area is 120 Å². The molecule has 0 spiro atoms. The van der Waals surface area contributed by atoms with Gasteiger partial charge in [0.1, 0.15) is 6.04 Å². The maximum Gasteiger partial charge on any atom is 0.123 e. The number of piperazine rings is 1. The van der Waals surface area contributed by atoms with Crippen molar-refractivity contribution < 1.29 is 0 Å². The lowest BCUT2D eigenvalue weighted by molar-refractivity contribution is 0.133. The van der Waals surface area contributed by atoms with Crippen molar-refractivity contribution in [3.05, 3.63) is 48.0 Å². The van der Waals surface area contributed by atoms with Crippen LogP contribution in [-0.2, 0) is 0 Å². The molecule has 20 heavy (non-hydrogen) atoms. The van der Waals surface area contributed by atoms with E-state index in [9.17, 15) is 5.26 Å². The lowest BCUT2D eigenvalue weighted by atomic mass is 10.0. The van der Waals surface area contributed by atoms with Crippen LogP contribution in [0.5, 0.6) is 0 Å². The molecular weight excluding hydrogens is 246 g/mol. The van der Waals surface area contributed by atoms with E-state index in [4.69, 9.17) is 0 Å². The van der Waals surface area contributed by atoms with Crippen molar-refractivity contribution in [3.8, 4) is 6.07 Å². The van der Waals surface area contributed by atoms with Gasteiger partial charge < -0.3 is 4.90 Å². The second-order valence-corrected chi connectivity index (χ2v) is 5.48. The Kier molecular flexibility index (Phi) is 3.68. The average molecular weight is 265 g/mol. The van der Waals surface area contributed by atoms with E-state index in [0.717, 1.165) is 31.7 Å². The lowest BCUT2D eigenvalue weighted by Crippen LogP contribution is -2.45. The molecule has 1 unspecified atom stereocenters. The van der Waals surface area contributed by atoms with Crippen LogP contribution in [-0.4, -0.2) is 43.0 Å². The van der Waals surface area contributed by atoms with Gasteiger partial charge in [0.2, 0.25) is 0 Å². The molecule has 0 aromatic heterocycles. The van der Waals surface area contributed by atoms with Gasteiger partial charge in [0.15, 0.2) is 0 Å². The quantitative estimate of drug-likeness (QED) is 0.836. The van der Waals surface area contributed by atoms with Gasteiger partial charge in [-0.15, -0.1) is 0 Å². The molecule has 102 valence electrons. The number of fused-ring (bicyclic) bond motifs is 1. The summed E-state index contributed by atoms with van der Waals surface area (Å²) in [5.74, 6) is 0. The zero-order chi connectivity index (χ0) is 13.9.